The first-order chi connectivity index (χ1) is 18.4. The Hall–Kier alpha value is -4.53. The quantitative estimate of drug-likeness (QED) is 0.307. The maximum absolute atomic E-state index is 13.3. The van der Waals surface area contributed by atoms with Crippen molar-refractivity contribution in [3.63, 3.8) is 0 Å². The Labute approximate surface area is 218 Å². The minimum Gasteiger partial charge on any atom is -0.326 e. The largest absolute Gasteiger partial charge is 0.331 e. The van der Waals surface area contributed by atoms with Gasteiger partial charge in [0.05, 0.1) is 10.9 Å². The van der Waals surface area contributed by atoms with Crippen LogP contribution in [-0.2, 0) is 29.1 Å². The van der Waals surface area contributed by atoms with Crippen LogP contribution in [0.2, 0.25) is 0 Å². The topological polar surface area (TPSA) is 102 Å². The second kappa shape index (κ2) is 12.1. The number of carbonyl (C=O) groups is 2. The third kappa shape index (κ3) is 6.42. The van der Waals surface area contributed by atoms with Crippen molar-refractivity contribution in [2.45, 2.75) is 45.7 Å². The van der Waals surface area contributed by atoms with Crippen LogP contribution in [0.4, 0.5) is 15.8 Å². The van der Waals surface area contributed by atoms with Crippen LogP contribution in [0.3, 0.4) is 0 Å². The molecule has 0 saturated carbocycles. The molecule has 0 spiro atoms. The Kier molecular flexibility index (Phi) is 8.47. The fourth-order valence-electron chi connectivity index (χ4n) is 4.20. The Morgan fingerprint density at radius 1 is 0.789 bits per heavy atom. The lowest BCUT2D eigenvalue weighted by molar-refractivity contribution is -0.117. The smallest absolute Gasteiger partial charge is 0.326 e. The van der Waals surface area contributed by atoms with E-state index in [4.69, 9.17) is 0 Å². The summed E-state index contributed by atoms with van der Waals surface area (Å²) in [5.74, 6) is -1.02. The lowest BCUT2D eigenvalue weighted by atomic mass is 10.1. The zero-order chi connectivity index (χ0) is 27.1. The molecule has 4 aromatic rings. The third-order valence-electron chi connectivity index (χ3n) is 6.24. The molecule has 196 valence electrons. The van der Waals surface area contributed by atoms with Crippen molar-refractivity contribution in [3.05, 3.63) is 105 Å². The molecule has 0 saturated heterocycles. The first-order valence-electron chi connectivity index (χ1n) is 12.5. The van der Waals surface area contributed by atoms with E-state index in [0.29, 0.717) is 35.1 Å². The van der Waals surface area contributed by atoms with Crippen LogP contribution in [0.25, 0.3) is 10.9 Å². The van der Waals surface area contributed by atoms with Crippen molar-refractivity contribution in [2.75, 3.05) is 10.6 Å². The number of aromatic nitrogens is 2. The van der Waals surface area contributed by atoms with E-state index >= 15 is 0 Å². The lowest BCUT2D eigenvalue weighted by Crippen LogP contribution is -2.41. The molecule has 0 aliphatic heterocycles. The molecule has 0 bridgehead atoms. The standard InChI is InChI=1S/C29H29FN4O4/c1-2-20-10-14-22(15-11-20)32-27(36)19-34-25-8-4-3-7-24(25)28(37)33(29(34)38)18-6-5-9-26(35)31-23-16-12-21(30)13-17-23/h3-4,7-8,10-17H,2,5-6,9,18-19H2,1H3,(H,31,35)(H,32,36). The summed E-state index contributed by atoms with van der Waals surface area (Å²) in [7, 11) is 0. The molecule has 2 amide bonds. The van der Waals surface area contributed by atoms with Gasteiger partial charge in [-0.25, -0.2) is 9.18 Å². The van der Waals surface area contributed by atoms with Crippen LogP contribution in [-0.4, -0.2) is 20.9 Å². The highest BCUT2D eigenvalue weighted by atomic mass is 19.1. The molecule has 8 nitrogen and oxygen atoms in total. The van der Waals surface area contributed by atoms with Gasteiger partial charge >= 0.3 is 5.69 Å². The van der Waals surface area contributed by atoms with Crippen molar-refractivity contribution >= 4 is 34.1 Å². The summed E-state index contributed by atoms with van der Waals surface area (Å²) in [6.45, 7) is 1.89. The van der Waals surface area contributed by atoms with Crippen LogP contribution in [0, 0.1) is 5.82 Å². The van der Waals surface area contributed by atoms with E-state index in [1.165, 1.54) is 28.8 Å². The number of halogens is 1. The van der Waals surface area contributed by atoms with Gasteiger partial charge in [-0.3, -0.25) is 23.5 Å². The minimum atomic E-state index is -0.582. The molecule has 38 heavy (non-hydrogen) atoms. The van der Waals surface area contributed by atoms with E-state index in [0.717, 1.165) is 16.6 Å². The molecule has 0 radical (unpaired) electrons. The first-order valence-corrected chi connectivity index (χ1v) is 12.5. The Balaban J connectivity index is 1.45. The third-order valence-corrected chi connectivity index (χ3v) is 6.24. The summed E-state index contributed by atoms with van der Waals surface area (Å²) in [6, 6.07) is 19.6. The number of anilines is 2. The molecule has 0 aliphatic carbocycles. The van der Waals surface area contributed by atoms with Crippen LogP contribution in [0.1, 0.15) is 31.7 Å². The molecule has 0 atom stereocenters. The molecular formula is C29H29FN4O4. The average molecular weight is 517 g/mol. The van der Waals surface area contributed by atoms with Crippen LogP contribution in [0.15, 0.2) is 82.4 Å². The van der Waals surface area contributed by atoms with Gasteiger partial charge in [0, 0.05) is 24.3 Å². The second-order valence-corrected chi connectivity index (χ2v) is 8.95. The number of nitrogens with zero attached hydrogens (tertiary/aromatic N) is 2. The molecule has 2 N–H and O–H groups in total. The number of rotatable bonds is 10. The summed E-state index contributed by atoms with van der Waals surface area (Å²) in [5, 5.41) is 5.83. The lowest BCUT2D eigenvalue weighted by Gasteiger charge is -2.14. The van der Waals surface area contributed by atoms with E-state index in [-0.39, 0.29) is 31.3 Å². The van der Waals surface area contributed by atoms with E-state index in [2.05, 4.69) is 10.6 Å². The van der Waals surface area contributed by atoms with Gasteiger partial charge in [0.1, 0.15) is 12.4 Å². The minimum absolute atomic E-state index is 0.104. The van der Waals surface area contributed by atoms with Crippen molar-refractivity contribution < 1.29 is 14.0 Å². The van der Waals surface area contributed by atoms with Gasteiger partial charge in [-0.05, 0) is 73.4 Å². The fraction of sp³-hybridized carbons (Fsp3) is 0.241. The predicted molar refractivity (Wildman–Crippen MR) is 146 cm³/mol. The normalized spacial score (nSPS) is 10.9. The molecular weight excluding hydrogens is 487 g/mol. The SMILES string of the molecule is CCc1ccc(NC(=O)Cn2c(=O)n(CCCCC(=O)Nc3ccc(F)cc3)c(=O)c3ccccc32)cc1. The Bertz CT molecular complexity index is 1560. The number of unbranched alkanes of at least 4 members (excludes halogenated alkanes) is 1. The van der Waals surface area contributed by atoms with Gasteiger partial charge < -0.3 is 10.6 Å². The summed E-state index contributed by atoms with van der Waals surface area (Å²) in [5.41, 5.74) is 1.62. The van der Waals surface area contributed by atoms with E-state index in [1.807, 2.05) is 31.2 Å². The number of hydrogen-bond acceptors (Lipinski definition) is 4. The predicted octanol–water partition coefficient (Wildman–Crippen LogP) is 4.31. The van der Waals surface area contributed by atoms with E-state index in [9.17, 15) is 23.6 Å². The number of hydrogen-bond donors (Lipinski definition) is 2. The second-order valence-electron chi connectivity index (χ2n) is 8.95. The van der Waals surface area contributed by atoms with E-state index in [1.54, 1.807) is 24.3 Å². The molecule has 4 rings (SSSR count). The number of benzene rings is 3. The van der Waals surface area contributed by atoms with E-state index < -0.39 is 17.1 Å². The molecule has 1 heterocycles. The van der Waals surface area contributed by atoms with Gasteiger partial charge in [-0.2, -0.15) is 0 Å². The highest BCUT2D eigenvalue weighted by Crippen LogP contribution is 2.12. The number of fused-ring (bicyclic) bond motifs is 1. The summed E-state index contributed by atoms with van der Waals surface area (Å²) in [6.07, 6.45) is 1.89. The zero-order valence-electron chi connectivity index (χ0n) is 21.1. The van der Waals surface area contributed by atoms with Crippen molar-refractivity contribution in [3.8, 4) is 0 Å². The number of para-hydroxylation sites is 1. The number of aryl methyl sites for hydroxylation is 1. The number of nitrogens with one attached hydrogen (secondary N) is 2. The highest BCUT2D eigenvalue weighted by Gasteiger charge is 2.15. The number of amides is 2. The molecule has 3 aromatic carbocycles. The van der Waals surface area contributed by atoms with Gasteiger partial charge in [0.15, 0.2) is 0 Å². The van der Waals surface area contributed by atoms with Crippen molar-refractivity contribution in [1.29, 1.82) is 0 Å². The van der Waals surface area contributed by atoms with Gasteiger partial charge in [-0.15, -0.1) is 0 Å². The Morgan fingerprint density at radius 3 is 2.11 bits per heavy atom. The summed E-state index contributed by atoms with van der Waals surface area (Å²) < 4.78 is 15.4. The highest BCUT2D eigenvalue weighted by molar-refractivity contribution is 5.92. The summed E-state index contributed by atoms with van der Waals surface area (Å²) >= 11 is 0. The van der Waals surface area contributed by atoms with Crippen molar-refractivity contribution in [1.82, 2.24) is 9.13 Å². The maximum Gasteiger partial charge on any atom is 0.331 e. The molecule has 0 aliphatic rings. The zero-order valence-corrected chi connectivity index (χ0v) is 21.1. The first kappa shape index (κ1) is 26.5. The molecule has 1 aromatic heterocycles. The van der Waals surface area contributed by atoms with Crippen LogP contribution in [0.5, 0.6) is 0 Å². The molecule has 0 unspecified atom stereocenters. The van der Waals surface area contributed by atoms with Gasteiger partial charge in [0.25, 0.3) is 5.56 Å². The Morgan fingerprint density at radius 2 is 1.42 bits per heavy atom. The molecule has 9 heteroatoms. The molecule has 0 fully saturated rings. The van der Waals surface area contributed by atoms with Crippen LogP contribution < -0.4 is 21.9 Å². The average Bonchev–Trinajstić information content (AvgIpc) is 2.92. The monoisotopic (exact) mass is 516 g/mol. The van der Waals surface area contributed by atoms with Gasteiger partial charge in [0.2, 0.25) is 11.8 Å². The fourth-order valence-corrected chi connectivity index (χ4v) is 4.20. The summed E-state index contributed by atoms with van der Waals surface area (Å²) in [4.78, 5) is 51.4. The van der Waals surface area contributed by atoms with Crippen LogP contribution >= 0.6 is 0 Å². The number of carbonyl (C=O) groups excluding carboxylic acids is 2. The maximum atomic E-state index is 13.3. The van der Waals surface area contributed by atoms with Gasteiger partial charge in [-0.1, -0.05) is 31.2 Å². The van der Waals surface area contributed by atoms with Crippen molar-refractivity contribution in [2.24, 2.45) is 0 Å².